The Labute approximate surface area is 121 Å². The molecule has 5 heteroatoms. The SMILES string of the molecule is COc1ccc2c(OC)cc(-c3nccs3)nc2c1C. The van der Waals surface area contributed by atoms with Gasteiger partial charge in [0, 0.05) is 28.6 Å². The third-order valence-corrected chi connectivity index (χ3v) is 4.03. The van der Waals surface area contributed by atoms with Gasteiger partial charge < -0.3 is 9.47 Å². The molecule has 0 N–H and O–H groups in total. The quantitative estimate of drug-likeness (QED) is 0.736. The number of hydrogen-bond donors (Lipinski definition) is 0. The molecule has 0 spiro atoms. The van der Waals surface area contributed by atoms with E-state index < -0.39 is 0 Å². The molecular formula is C15H14N2O2S. The van der Waals surface area contributed by atoms with E-state index in [2.05, 4.69) is 4.98 Å². The van der Waals surface area contributed by atoms with E-state index >= 15 is 0 Å². The summed E-state index contributed by atoms with van der Waals surface area (Å²) in [6.45, 7) is 2.00. The fraction of sp³-hybridized carbons (Fsp3) is 0.200. The zero-order valence-corrected chi connectivity index (χ0v) is 12.3. The van der Waals surface area contributed by atoms with Crippen LogP contribution in [0.1, 0.15) is 5.56 Å². The molecule has 2 aromatic heterocycles. The Morgan fingerprint density at radius 1 is 1.10 bits per heavy atom. The van der Waals surface area contributed by atoms with Crippen molar-refractivity contribution in [1.29, 1.82) is 0 Å². The van der Waals surface area contributed by atoms with Crippen LogP contribution < -0.4 is 9.47 Å². The van der Waals surface area contributed by atoms with Crippen LogP contribution in [-0.4, -0.2) is 24.2 Å². The minimum absolute atomic E-state index is 0.797. The predicted octanol–water partition coefficient (Wildman–Crippen LogP) is 3.68. The molecule has 3 aromatic rings. The number of hydrogen-bond acceptors (Lipinski definition) is 5. The summed E-state index contributed by atoms with van der Waals surface area (Å²) < 4.78 is 10.9. The molecule has 0 radical (unpaired) electrons. The normalized spacial score (nSPS) is 10.8. The van der Waals surface area contributed by atoms with Crippen LogP contribution in [0.15, 0.2) is 29.8 Å². The van der Waals surface area contributed by atoms with Crippen molar-refractivity contribution in [3.63, 3.8) is 0 Å². The van der Waals surface area contributed by atoms with Crippen LogP contribution >= 0.6 is 11.3 Å². The first-order valence-corrected chi connectivity index (χ1v) is 7.04. The zero-order chi connectivity index (χ0) is 14.1. The van der Waals surface area contributed by atoms with Gasteiger partial charge >= 0.3 is 0 Å². The summed E-state index contributed by atoms with van der Waals surface area (Å²) in [7, 11) is 3.33. The summed E-state index contributed by atoms with van der Waals surface area (Å²) in [5, 5.41) is 3.80. The van der Waals surface area contributed by atoms with Gasteiger partial charge in [0.15, 0.2) is 0 Å². The number of rotatable bonds is 3. The van der Waals surface area contributed by atoms with Crippen LogP contribution in [0.5, 0.6) is 11.5 Å². The van der Waals surface area contributed by atoms with Crippen molar-refractivity contribution >= 4 is 22.2 Å². The Kier molecular flexibility index (Phi) is 3.28. The molecule has 20 heavy (non-hydrogen) atoms. The largest absolute Gasteiger partial charge is 0.496 e. The highest BCUT2D eigenvalue weighted by Gasteiger charge is 2.13. The number of aryl methyl sites for hydroxylation is 1. The maximum absolute atomic E-state index is 5.49. The van der Waals surface area contributed by atoms with Crippen molar-refractivity contribution in [1.82, 2.24) is 9.97 Å². The molecule has 0 bridgehead atoms. The molecule has 102 valence electrons. The number of benzene rings is 1. The van der Waals surface area contributed by atoms with E-state index in [1.165, 1.54) is 0 Å². The van der Waals surface area contributed by atoms with E-state index in [1.807, 2.05) is 30.5 Å². The summed E-state index contributed by atoms with van der Waals surface area (Å²) in [6, 6.07) is 5.83. The maximum Gasteiger partial charge on any atom is 0.141 e. The van der Waals surface area contributed by atoms with Gasteiger partial charge in [-0.05, 0) is 19.1 Å². The van der Waals surface area contributed by atoms with E-state index in [1.54, 1.807) is 31.8 Å². The molecule has 0 unspecified atom stereocenters. The molecule has 0 fully saturated rings. The van der Waals surface area contributed by atoms with Crippen molar-refractivity contribution in [3.05, 3.63) is 35.3 Å². The number of methoxy groups -OCH3 is 2. The highest BCUT2D eigenvalue weighted by Crippen LogP contribution is 2.35. The minimum atomic E-state index is 0.797. The monoisotopic (exact) mass is 286 g/mol. The van der Waals surface area contributed by atoms with Crippen molar-refractivity contribution in [2.45, 2.75) is 6.92 Å². The lowest BCUT2D eigenvalue weighted by atomic mass is 10.1. The number of fused-ring (bicyclic) bond motifs is 1. The Morgan fingerprint density at radius 3 is 2.55 bits per heavy atom. The Hall–Kier alpha value is -2.14. The van der Waals surface area contributed by atoms with Crippen LogP contribution in [-0.2, 0) is 0 Å². The van der Waals surface area contributed by atoms with Crippen LogP contribution in [0.25, 0.3) is 21.6 Å². The van der Waals surface area contributed by atoms with Gasteiger partial charge in [0.05, 0.1) is 19.7 Å². The molecule has 0 saturated heterocycles. The molecule has 0 atom stereocenters. The van der Waals surface area contributed by atoms with Crippen molar-refractivity contribution < 1.29 is 9.47 Å². The second-order valence-corrected chi connectivity index (χ2v) is 5.23. The van der Waals surface area contributed by atoms with E-state index in [4.69, 9.17) is 14.5 Å². The predicted molar refractivity (Wildman–Crippen MR) is 80.7 cm³/mol. The molecule has 0 aliphatic heterocycles. The fourth-order valence-corrected chi connectivity index (χ4v) is 2.83. The summed E-state index contributed by atoms with van der Waals surface area (Å²) in [5.74, 6) is 1.62. The second kappa shape index (κ2) is 5.09. The van der Waals surface area contributed by atoms with E-state index in [0.29, 0.717) is 0 Å². The average Bonchev–Trinajstić information content (AvgIpc) is 3.01. The summed E-state index contributed by atoms with van der Waals surface area (Å²) in [4.78, 5) is 9.03. The van der Waals surface area contributed by atoms with Gasteiger partial charge in [-0.3, -0.25) is 0 Å². The maximum atomic E-state index is 5.49. The second-order valence-electron chi connectivity index (χ2n) is 4.34. The third-order valence-electron chi connectivity index (χ3n) is 3.24. The van der Waals surface area contributed by atoms with Gasteiger partial charge in [-0.25, -0.2) is 9.97 Å². The van der Waals surface area contributed by atoms with E-state index in [9.17, 15) is 0 Å². The first-order chi connectivity index (χ1) is 9.74. The molecule has 3 rings (SSSR count). The molecule has 2 heterocycles. The molecule has 1 aromatic carbocycles. The van der Waals surface area contributed by atoms with Crippen molar-refractivity contribution in [2.75, 3.05) is 14.2 Å². The fourth-order valence-electron chi connectivity index (χ4n) is 2.23. The Balaban J connectivity index is 2.33. The van der Waals surface area contributed by atoms with Gasteiger partial charge in [0.25, 0.3) is 0 Å². The number of nitrogens with zero attached hydrogens (tertiary/aromatic N) is 2. The summed E-state index contributed by atoms with van der Waals surface area (Å²) >= 11 is 1.56. The van der Waals surface area contributed by atoms with Gasteiger partial charge in [0.2, 0.25) is 0 Å². The Bertz CT molecular complexity index is 754. The van der Waals surface area contributed by atoms with E-state index in [-0.39, 0.29) is 0 Å². The molecular weight excluding hydrogens is 272 g/mol. The molecule has 0 aliphatic rings. The van der Waals surface area contributed by atoms with Crippen molar-refractivity contribution in [2.24, 2.45) is 0 Å². The summed E-state index contributed by atoms with van der Waals surface area (Å²) in [5.41, 5.74) is 2.70. The number of aromatic nitrogens is 2. The molecule has 0 saturated carbocycles. The molecule has 4 nitrogen and oxygen atoms in total. The Morgan fingerprint density at radius 2 is 1.90 bits per heavy atom. The first kappa shape index (κ1) is 12.9. The lowest BCUT2D eigenvalue weighted by molar-refractivity contribution is 0.411. The third kappa shape index (κ3) is 2.00. The summed E-state index contributed by atoms with van der Waals surface area (Å²) in [6.07, 6.45) is 1.77. The molecule has 0 amide bonds. The van der Waals surface area contributed by atoms with Crippen LogP contribution in [0.3, 0.4) is 0 Å². The highest BCUT2D eigenvalue weighted by atomic mass is 32.1. The number of pyridine rings is 1. The van der Waals surface area contributed by atoms with Crippen molar-refractivity contribution in [3.8, 4) is 22.2 Å². The van der Waals surface area contributed by atoms with E-state index in [0.717, 1.165) is 38.7 Å². The average molecular weight is 286 g/mol. The number of ether oxygens (including phenoxy) is 2. The van der Waals surface area contributed by atoms with Gasteiger partial charge in [-0.2, -0.15) is 0 Å². The van der Waals surface area contributed by atoms with Crippen LogP contribution in [0.2, 0.25) is 0 Å². The topological polar surface area (TPSA) is 44.2 Å². The van der Waals surface area contributed by atoms with Gasteiger partial charge in [-0.15, -0.1) is 11.3 Å². The zero-order valence-electron chi connectivity index (χ0n) is 11.5. The lowest BCUT2D eigenvalue weighted by Gasteiger charge is -2.11. The highest BCUT2D eigenvalue weighted by molar-refractivity contribution is 7.13. The lowest BCUT2D eigenvalue weighted by Crippen LogP contribution is -1.95. The van der Waals surface area contributed by atoms with Crippen LogP contribution in [0, 0.1) is 6.92 Å². The smallest absolute Gasteiger partial charge is 0.141 e. The molecule has 0 aliphatic carbocycles. The number of thiazole rings is 1. The van der Waals surface area contributed by atoms with Crippen LogP contribution in [0.4, 0.5) is 0 Å². The minimum Gasteiger partial charge on any atom is -0.496 e. The van der Waals surface area contributed by atoms with Gasteiger partial charge in [0.1, 0.15) is 22.2 Å². The standard InChI is InChI=1S/C15H14N2O2S/c1-9-12(18-2)5-4-10-13(19-3)8-11(17-14(9)10)15-16-6-7-20-15/h4-8H,1-3H3. The first-order valence-electron chi connectivity index (χ1n) is 6.16. The van der Waals surface area contributed by atoms with Gasteiger partial charge in [-0.1, -0.05) is 0 Å².